The van der Waals surface area contributed by atoms with Crippen LogP contribution in [0.2, 0.25) is 0 Å². The number of esters is 1. The van der Waals surface area contributed by atoms with E-state index in [-0.39, 0.29) is 18.4 Å². The van der Waals surface area contributed by atoms with Crippen LogP contribution in [0.15, 0.2) is 75.0 Å². The standard InChI is InChI=1S/C21H14BrN3O4S/c22-15-6-1-4-13(10-15)19-24-18(29-25-19)12-28-21(27)14-5-2-7-16(11-14)23-20(26)17-8-3-9-30-17/h1-11H,12H2,(H,23,26). The molecule has 150 valence electrons. The number of anilines is 1. The first-order chi connectivity index (χ1) is 14.6. The van der Waals surface area contributed by atoms with Gasteiger partial charge in [0, 0.05) is 15.7 Å². The number of nitrogens with zero attached hydrogens (tertiary/aromatic N) is 2. The lowest BCUT2D eigenvalue weighted by atomic mass is 10.2. The van der Waals surface area contributed by atoms with E-state index in [4.69, 9.17) is 9.26 Å². The van der Waals surface area contributed by atoms with Crippen LogP contribution in [0.25, 0.3) is 11.4 Å². The van der Waals surface area contributed by atoms with Gasteiger partial charge in [-0.2, -0.15) is 4.98 Å². The molecule has 0 spiro atoms. The molecule has 30 heavy (non-hydrogen) atoms. The zero-order chi connectivity index (χ0) is 20.9. The quantitative estimate of drug-likeness (QED) is 0.380. The van der Waals surface area contributed by atoms with Crippen LogP contribution >= 0.6 is 27.3 Å². The predicted octanol–water partition coefficient (Wildman–Crippen LogP) is 5.17. The summed E-state index contributed by atoms with van der Waals surface area (Å²) in [5.74, 6) is -0.216. The molecule has 9 heteroatoms. The summed E-state index contributed by atoms with van der Waals surface area (Å²) in [5.41, 5.74) is 1.57. The number of nitrogens with one attached hydrogen (secondary N) is 1. The molecule has 0 aliphatic carbocycles. The van der Waals surface area contributed by atoms with Crippen LogP contribution in [0.1, 0.15) is 25.9 Å². The molecule has 7 nitrogen and oxygen atoms in total. The molecule has 0 unspecified atom stereocenters. The second-order valence-electron chi connectivity index (χ2n) is 6.11. The van der Waals surface area contributed by atoms with Crippen molar-refractivity contribution in [1.29, 1.82) is 0 Å². The molecule has 1 N–H and O–H groups in total. The van der Waals surface area contributed by atoms with E-state index in [1.54, 1.807) is 36.4 Å². The Bertz CT molecular complexity index is 1190. The fourth-order valence-electron chi connectivity index (χ4n) is 2.59. The van der Waals surface area contributed by atoms with Gasteiger partial charge >= 0.3 is 5.97 Å². The van der Waals surface area contributed by atoms with Gasteiger partial charge in [0.05, 0.1) is 10.4 Å². The highest BCUT2D eigenvalue weighted by Crippen LogP contribution is 2.21. The maximum absolute atomic E-state index is 12.4. The predicted molar refractivity (Wildman–Crippen MR) is 115 cm³/mol. The number of halogens is 1. The summed E-state index contributed by atoms with van der Waals surface area (Å²) in [7, 11) is 0. The molecule has 2 aromatic carbocycles. The summed E-state index contributed by atoms with van der Waals surface area (Å²) in [6.07, 6.45) is 0. The van der Waals surface area contributed by atoms with E-state index in [1.807, 2.05) is 29.6 Å². The Labute approximate surface area is 183 Å². The number of carbonyl (C=O) groups excluding carboxylic acids is 2. The number of rotatable bonds is 6. The third-order valence-corrected chi connectivity index (χ3v) is 5.34. The lowest BCUT2D eigenvalue weighted by Gasteiger charge is -2.06. The van der Waals surface area contributed by atoms with Crippen molar-refractivity contribution < 1.29 is 18.8 Å². The fraction of sp³-hybridized carbons (Fsp3) is 0.0476. The summed E-state index contributed by atoms with van der Waals surface area (Å²) >= 11 is 4.73. The Morgan fingerprint density at radius 1 is 1.10 bits per heavy atom. The average molecular weight is 484 g/mol. The van der Waals surface area contributed by atoms with Crippen molar-refractivity contribution in [3.05, 3.63) is 86.8 Å². The lowest BCUT2D eigenvalue weighted by molar-refractivity contribution is 0.0429. The summed E-state index contributed by atoms with van der Waals surface area (Å²) in [4.78, 5) is 29.4. The summed E-state index contributed by atoms with van der Waals surface area (Å²) in [6, 6.07) is 17.5. The van der Waals surface area contributed by atoms with E-state index in [0.29, 0.717) is 22.0 Å². The molecule has 2 aromatic heterocycles. The Hall–Kier alpha value is -3.30. The highest BCUT2D eigenvalue weighted by Gasteiger charge is 2.14. The van der Waals surface area contributed by atoms with Gasteiger partial charge in [-0.15, -0.1) is 11.3 Å². The van der Waals surface area contributed by atoms with Crippen LogP contribution in [-0.2, 0) is 11.3 Å². The molecule has 0 saturated carbocycles. The molecule has 0 fully saturated rings. The molecule has 0 atom stereocenters. The lowest BCUT2D eigenvalue weighted by Crippen LogP contribution is -2.11. The van der Waals surface area contributed by atoms with Gasteiger partial charge in [0.2, 0.25) is 5.82 Å². The van der Waals surface area contributed by atoms with E-state index < -0.39 is 5.97 Å². The number of amides is 1. The van der Waals surface area contributed by atoms with Crippen LogP contribution < -0.4 is 5.32 Å². The number of carbonyl (C=O) groups is 2. The van der Waals surface area contributed by atoms with E-state index in [1.165, 1.54) is 11.3 Å². The van der Waals surface area contributed by atoms with Gasteiger partial charge in [-0.25, -0.2) is 4.79 Å². The second-order valence-corrected chi connectivity index (χ2v) is 7.97. The van der Waals surface area contributed by atoms with Gasteiger partial charge in [-0.05, 0) is 41.8 Å². The Morgan fingerprint density at radius 2 is 1.97 bits per heavy atom. The minimum Gasteiger partial charge on any atom is -0.452 e. The second kappa shape index (κ2) is 9.02. The van der Waals surface area contributed by atoms with Crippen molar-refractivity contribution in [2.75, 3.05) is 5.32 Å². The molecule has 1 amide bonds. The Balaban J connectivity index is 1.38. The van der Waals surface area contributed by atoms with Crippen LogP contribution in [0.3, 0.4) is 0 Å². The third-order valence-electron chi connectivity index (χ3n) is 3.98. The SMILES string of the molecule is O=C(OCc1nc(-c2cccc(Br)c2)no1)c1cccc(NC(=O)c2cccs2)c1. The van der Waals surface area contributed by atoms with Crippen LogP contribution in [0.4, 0.5) is 5.69 Å². The molecule has 0 radical (unpaired) electrons. The first-order valence-electron chi connectivity index (χ1n) is 8.79. The topological polar surface area (TPSA) is 94.3 Å². The maximum Gasteiger partial charge on any atom is 0.338 e. The molecule has 2 heterocycles. The first kappa shape index (κ1) is 20.0. The smallest absolute Gasteiger partial charge is 0.338 e. The molecule has 0 aliphatic rings. The summed E-state index contributed by atoms with van der Waals surface area (Å²) < 4.78 is 11.3. The van der Waals surface area contributed by atoms with Gasteiger partial charge in [-0.1, -0.05) is 45.4 Å². The molecule has 4 rings (SSSR count). The van der Waals surface area contributed by atoms with E-state index in [2.05, 4.69) is 31.4 Å². The molecular formula is C21H14BrN3O4S. The zero-order valence-electron chi connectivity index (χ0n) is 15.4. The third kappa shape index (κ3) is 4.81. The highest BCUT2D eigenvalue weighted by atomic mass is 79.9. The number of thiophene rings is 1. The molecule has 0 bridgehead atoms. The summed E-state index contributed by atoms with van der Waals surface area (Å²) in [5, 5.41) is 8.48. The molecular weight excluding hydrogens is 470 g/mol. The number of hydrogen-bond acceptors (Lipinski definition) is 7. The Morgan fingerprint density at radius 3 is 2.77 bits per heavy atom. The monoisotopic (exact) mass is 483 g/mol. The van der Waals surface area contributed by atoms with Crippen molar-refractivity contribution in [3.8, 4) is 11.4 Å². The van der Waals surface area contributed by atoms with Crippen LogP contribution in [-0.4, -0.2) is 22.0 Å². The van der Waals surface area contributed by atoms with Gasteiger partial charge in [0.1, 0.15) is 0 Å². The highest BCUT2D eigenvalue weighted by molar-refractivity contribution is 9.10. The van der Waals surface area contributed by atoms with Crippen molar-refractivity contribution >= 4 is 44.8 Å². The van der Waals surface area contributed by atoms with Crippen molar-refractivity contribution in [1.82, 2.24) is 10.1 Å². The first-order valence-corrected chi connectivity index (χ1v) is 10.5. The number of aromatic nitrogens is 2. The fourth-order valence-corrected chi connectivity index (χ4v) is 3.61. The molecule has 0 saturated heterocycles. The largest absolute Gasteiger partial charge is 0.452 e. The van der Waals surface area contributed by atoms with Crippen molar-refractivity contribution in [3.63, 3.8) is 0 Å². The Kier molecular flexibility index (Phi) is 6.01. The molecule has 4 aromatic rings. The van der Waals surface area contributed by atoms with Crippen molar-refractivity contribution in [2.24, 2.45) is 0 Å². The van der Waals surface area contributed by atoms with Gasteiger partial charge in [0.25, 0.3) is 11.8 Å². The summed E-state index contributed by atoms with van der Waals surface area (Å²) in [6.45, 7) is -0.161. The van der Waals surface area contributed by atoms with Gasteiger partial charge in [0.15, 0.2) is 6.61 Å². The normalized spacial score (nSPS) is 10.6. The average Bonchev–Trinajstić information content (AvgIpc) is 3.44. The number of benzene rings is 2. The van der Waals surface area contributed by atoms with E-state index >= 15 is 0 Å². The minimum atomic E-state index is -0.565. The van der Waals surface area contributed by atoms with E-state index in [9.17, 15) is 9.59 Å². The van der Waals surface area contributed by atoms with Gasteiger partial charge < -0.3 is 14.6 Å². The van der Waals surface area contributed by atoms with Crippen molar-refractivity contribution in [2.45, 2.75) is 6.61 Å². The number of hydrogen-bond donors (Lipinski definition) is 1. The zero-order valence-corrected chi connectivity index (χ0v) is 17.8. The molecule has 0 aliphatic heterocycles. The van der Waals surface area contributed by atoms with Crippen LogP contribution in [0.5, 0.6) is 0 Å². The van der Waals surface area contributed by atoms with Gasteiger partial charge in [-0.3, -0.25) is 4.79 Å². The van der Waals surface area contributed by atoms with Crippen LogP contribution in [0, 0.1) is 0 Å². The maximum atomic E-state index is 12.4. The minimum absolute atomic E-state index is 0.161. The van der Waals surface area contributed by atoms with E-state index in [0.717, 1.165) is 10.0 Å². The number of ether oxygens (including phenoxy) is 1.